The van der Waals surface area contributed by atoms with Crippen molar-refractivity contribution in [3.63, 3.8) is 0 Å². The van der Waals surface area contributed by atoms with Crippen molar-refractivity contribution in [2.75, 3.05) is 7.11 Å². The first-order valence-corrected chi connectivity index (χ1v) is 13.2. The van der Waals surface area contributed by atoms with Gasteiger partial charge in [0, 0.05) is 18.2 Å². The number of halogens is 1. The van der Waals surface area contributed by atoms with Crippen molar-refractivity contribution in [2.24, 2.45) is 0 Å². The predicted molar refractivity (Wildman–Crippen MR) is 123 cm³/mol. The van der Waals surface area contributed by atoms with E-state index in [1.807, 2.05) is 20.8 Å². The molecule has 0 aliphatic carbocycles. The Morgan fingerprint density at radius 3 is 2.00 bits per heavy atom. The van der Waals surface area contributed by atoms with Crippen molar-refractivity contribution in [1.82, 2.24) is 5.32 Å². The van der Waals surface area contributed by atoms with Crippen LogP contribution in [0.15, 0.2) is 86.3 Å². The van der Waals surface area contributed by atoms with Gasteiger partial charge in [-0.25, -0.2) is 21.2 Å². The molecular formula is C24H26FNO5S2. The number of methoxy groups -OCH3 is 1. The number of hydrogen-bond acceptors (Lipinski definition) is 6. The highest BCUT2D eigenvalue weighted by molar-refractivity contribution is 7.94. The summed E-state index contributed by atoms with van der Waals surface area (Å²) in [4.78, 5) is -1.68. The predicted octanol–water partition coefficient (Wildman–Crippen LogP) is 4.56. The van der Waals surface area contributed by atoms with E-state index in [2.05, 4.69) is 5.32 Å². The summed E-state index contributed by atoms with van der Waals surface area (Å²) in [5.74, 6) is -0.840. The van der Waals surface area contributed by atoms with Crippen molar-refractivity contribution < 1.29 is 26.0 Å². The van der Waals surface area contributed by atoms with Gasteiger partial charge in [-0.15, -0.1) is 0 Å². The van der Waals surface area contributed by atoms with E-state index in [9.17, 15) is 21.2 Å². The lowest BCUT2D eigenvalue weighted by Gasteiger charge is -2.18. The van der Waals surface area contributed by atoms with Crippen molar-refractivity contribution in [3.05, 3.63) is 78.1 Å². The Morgan fingerprint density at radius 1 is 0.788 bits per heavy atom. The van der Waals surface area contributed by atoms with Gasteiger partial charge in [-0.05, 0) is 48.9 Å². The van der Waals surface area contributed by atoms with Gasteiger partial charge in [-0.3, -0.25) is 0 Å². The number of rotatable bonds is 8. The summed E-state index contributed by atoms with van der Waals surface area (Å²) in [6.07, 6.45) is 0. The second-order valence-electron chi connectivity index (χ2n) is 7.86. The first kappa shape index (κ1) is 24.9. The van der Waals surface area contributed by atoms with Gasteiger partial charge in [0.1, 0.15) is 16.5 Å². The fraction of sp³-hybridized carbons (Fsp3) is 0.250. The zero-order chi connectivity index (χ0) is 24.4. The highest BCUT2D eigenvalue weighted by Crippen LogP contribution is 2.34. The van der Waals surface area contributed by atoms with Crippen LogP contribution in [0.2, 0.25) is 0 Å². The molecule has 0 aromatic heterocycles. The average Bonchev–Trinajstić information content (AvgIpc) is 2.78. The molecule has 0 spiro atoms. The molecule has 0 bridgehead atoms. The van der Waals surface area contributed by atoms with Crippen LogP contribution in [0.4, 0.5) is 4.39 Å². The Hall–Kier alpha value is -2.75. The Labute approximate surface area is 194 Å². The molecule has 176 valence electrons. The Morgan fingerprint density at radius 2 is 1.42 bits per heavy atom. The third-order valence-electron chi connectivity index (χ3n) is 5.13. The molecule has 3 aromatic rings. The van der Waals surface area contributed by atoms with E-state index in [4.69, 9.17) is 4.74 Å². The third kappa shape index (κ3) is 5.10. The van der Waals surface area contributed by atoms with Gasteiger partial charge in [-0.1, -0.05) is 38.1 Å². The van der Waals surface area contributed by atoms with Crippen LogP contribution in [-0.4, -0.2) is 30.0 Å². The summed E-state index contributed by atoms with van der Waals surface area (Å²) >= 11 is 0. The van der Waals surface area contributed by atoms with Crippen molar-refractivity contribution in [3.8, 4) is 5.75 Å². The zero-order valence-electron chi connectivity index (χ0n) is 18.7. The van der Waals surface area contributed by atoms with Crippen LogP contribution in [-0.2, 0) is 19.7 Å². The smallest absolute Gasteiger partial charge is 0.210 e. The number of nitrogens with one attached hydrogen (secondary N) is 1. The van der Waals surface area contributed by atoms with Crippen LogP contribution >= 0.6 is 0 Å². The van der Waals surface area contributed by atoms with Gasteiger partial charge in [0.05, 0.1) is 21.8 Å². The topological polar surface area (TPSA) is 89.5 Å². The van der Waals surface area contributed by atoms with E-state index >= 15 is 0 Å². The molecule has 1 N–H and O–H groups in total. The molecule has 0 saturated carbocycles. The monoisotopic (exact) mass is 491 g/mol. The lowest BCUT2D eigenvalue weighted by atomic mass is 10.1. The molecule has 0 aliphatic rings. The van der Waals surface area contributed by atoms with Gasteiger partial charge < -0.3 is 10.1 Å². The molecule has 33 heavy (non-hydrogen) atoms. The van der Waals surface area contributed by atoms with Crippen molar-refractivity contribution in [2.45, 2.75) is 52.4 Å². The van der Waals surface area contributed by atoms with Gasteiger partial charge >= 0.3 is 0 Å². The molecule has 0 saturated heterocycles. The summed E-state index contributed by atoms with van der Waals surface area (Å²) in [7, 11) is -7.42. The van der Waals surface area contributed by atoms with Crippen LogP contribution in [0.25, 0.3) is 0 Å². The number of sulfone groups is 2. The van der Waals surface area contributed by atoms with E-state index < -0.39 is 40.2 Å². The Kier molecular flexibility index (Phi) is 7.26. The molecule has 3 rings (SSSR count). The normalized spacial score (nSPS) is 13.2. The van der Waals surface area contributed by atoms with Crippen LogP contribution in [0.5, 0.6) is 5.75 Å². The zero-order valence-corrected chi connectivity index (χ0v) is 20.4. The summed E-state index contributed by atoms with van der Waals surface area (Å²) in [6, 6.07) is 14.9. The quantitative estimate of drug-likeness (QED) is 0.497. The molecule has 0 heterocycles. The van der Waals surface area contributed by atoms with E-state index in [1.54, 1.807) is 12.1 Å². The number of hydrogen-bond donors (Lipinski definition) is 1. The van der Waals surface area contributed by atoms with Gasteiger partial charge in [0.25, 0.3) is 0 Å². The minimum atomic E-state index is -4.50. The van der Waals surface area contributed by atoms with Crippen molar-refractivity contribution >= 4 is 19.7 Å². The molecule has 0 radical (unpaired) electrons. The lowest BCUT2D eigenvalue weighted by Crippen LogP contribution is -2.26. The molecule has 0 amide bonds. The third-order valence-corrected chi connectivity index (χ3v) is 8.91. The first-order valence-electron chi connectivity index (χ1n) is 10.3. The molecule has 1 unspecified atom stereocenters. The molecule has 0 fully saturated rings. The minimum absolute atomic E-state index is 0.000245. The highest BCUT2D eigenvalue weighted by Gasteiger charge is 2.31. The van der Waals surface area contributed by atoms with Crippen molar-refractivity contribution in [1.29, 1.82) is 0 Å². The fourth-order valence-electron chi connectivity index (χ4n) is 3.49. The fourth-order valence-corrected chi connectivity index (χ4v) is 6.89. The second-order valence-corrected chi connectivity index (χ2v) is 11.7. The van der Waals surface area contributed by atoms with E-state index in [1.165, 1.54) is 43.5 Å². The molecule has 1 atom stereocenters. The van der Waals surface area contributed by atoms with Gasteiger partial charge in [0.2, 0.25) is 19.7 Å². The van der Waals surface area contributed by atoms with E-state index in [0.717, 1.165) is 23.8 Å². The lowest BCUT2D eigenvalue weighted by molar-refractivity contribution is 0.412. The maximum absolute atomic E-state index is 14.3. The molecule has 0 aliphatic heterocycles. The van der Waals surface area contributed by atoms with Crippen LogP contribution in [0, 0.1) is 5.82 Å². The number of ether oxygens (including phenoxy) is 1. The summed E-state index contributed by atoms with van der Waals surface area (Å²) in [5, 5.41) is 3.34. The summed E-state index contributed by atoms with van der Waals surface area (Å²) < 4.78 is 73.0. The van der Waals surface area contributed by atoms with E-state index in [0.29, 0.717) is 0 Å². The van der Waals surface area contributed by atoms with Crippen LogP contribution in [0.1, 0.15) is 32.4 Å². The molecule has 6 nitrogen and oxygen atoms in total. The standard InChI is InChI=1S/C24H26FNO5S2/c1-16(2)26-17(3)18-9-12-20(13-10-18)32(27,28)23-14-11-19(31-4)15-24(23)33(29,30)22-8-6-5-7-21(22)25/h5-17,26H,1-4H3. The summed E-state index contributed by atoms with van der Waals surface area (Å²) in [6.45, 7) is 5.99. The molecule has 3 aromatic carbocycles. The SMILES string of the molecule is COc1ccc(S(=O)(=O)c2ccc(C(C)NC(C)C)cc2)c(S(=O)(=O)c2ccccc2F)c1. The maximum Gasteiger partial charge on any atom is 0.210 e. The first-order chi connectivity index (χ1) is 15.5. The van der Waals surface area contributed by atoms with Gasteiger partial charge in [-0.2, -0.15) is 0 Å². The Balaban J connectivity index is 2.14. The molecule has 9 heteroatoms. The maximum atomic E-state index is 14.3. The summed E-state index contributed by atoms with van der Waals surface area (Å²) in [5.41, 5.74) is 0.886. The average molecular weight is 492 g/mol. The second kappa shape index (κ2) is 9.62. The molecular weight excluding hydrogens is 465 g/mol. The van der Waals surface area contributed by atoms with Crippen LogP contribution in [0.3, 0.4) is 0 Å². The van der Waals surface area contributed by atoms with E-state index in [-0.39, 0.29) is 22.7 Å². The largest absolute Gasteiger partial charge is 0.497 e. The number of benzene rings is 3. The van der Waals surface area contributed by atoms with Crippen LogP contribution < -0.4 is 10.1 Å². The Bertz CT molecular complexity index is 1350. The highest BCUT2D eigenvalue weighted by atomic mass is 32.2. The van der Waals surface area contributed by atoms with Gasteiger partial charge in [0.15, 0.2) is 0 Å². The minimum Gasteiger partial charge on any atom is -0.497 e.